The second-order valence-electron chi connectivity index (χ2n) is 7.42. The summed E-state index contributed by atoms with van der Waals surface area (Å²) in [6.45, 7) is 4.93. The number of hydrogen-bond acceptors (Lipinski definition) is 6. The van der Waals surface area contributed by atoms with Gasteiger partial charge in [0.25, 0.3) is 0 Å². The van der Waals surface area contributed by atoms with Gasteiger partial charge in [-0.3, -0.25) is 4.79 Å². The van der Waals surface area contributed by atoms with Gasteiger partial charge < -0.3 is 5.32 Å². The predicted octanol–water partition coefficient (Wildman–Crippen LogP) is 4.45. The van der Waals surface area contributed by atoms with Crippen LogP contribution in [-0.4, -0.2) is 35.6 Å². The summed E-state index contributed by atoms with van der Waals surface area (Å²) in [7, 11) is -3.67. The van der Waals surface area contributed by atoms with Crippen LogP contribution in [0.25, 0.3) is 10.9 Å². The molecule has 3 rings (SSSR count). The predicted molar refractivity (Wildman–Crippen MR) is 120 cm³/mol. The van der Waals surface area contributed by atoms with Crippen molar-refractivity contribution in [3.8, 4) is 0 Å². The Hall–Kier alpha value is -2.70. The molecule has 0 aliphatic rings. The molecule has 2 N–H and O–H groups in total. The number of carbonyl (C=O) groups is 1. The first-order valence-electron chi connectivity index (χ1n) is 9.81. The van der Waals surface area contributed by atoms with Gasteiger partial charge in [-0.1, -0.05) is 30.0 Å². The number of thioether (sulfide) groups is 1. The number of carbonyl (C=O) groups excluding carboxylic acids is 1. The number of sulfonamides is 1. The van der Waals surface area contributed by atoms with E-state index in [1.165, 1.54) is 37.3 Å². The van der Waals surface area contributed by atoms with E-state index in [-0.39, 0.29) is 21.5 Å². The molecule has 0 saturated heterocycles. The molecule has 1 amide bonds. The van der Waals surface area contributed by atoms with E-state index < -0.39 is 33.2 Å². The van der Waals surface area contributed by atoms with Gasteiger partial charge in [-0.15, -0.1) is 0 Å². The molecule has 0 aliphatic carbocycles. The van der Waals surface area contributed by atoms with Gasteiger partial charge in [0, 0.05) is 17.1 Å². The lowest BCUT2D eigenvalue weighted by Gasteiger charge is -2.15. The number of benzene rings is 2. The Kier molecular flexibility index (Phi) is 7.29. The Bertz CT molecular complexity index is 1260. The molecule has 1 heterocycles. The van der Waals surface area contributed by atoms with Gasteiger partial charge >= 0.3 is 6.18 Å². The molecule has 1 aromatic heterocycles. The van der Waals surface area contributed by atoms with E-state index in [1.807, 2.05) is 0 Å². The Balaban J connectivity index is 1.77. The lowest BCUT2D eigenvalue weighted by molar-refractivity contribution is -0.145. The van der Waals surface area contributed by atoms with Gasteiger partial charge in [-0.25, -0.2) is 23.1 Å². The molecule has 0 bridgehead atoms. The molecule has 33 heavy (non-hydrogen) atoms. The Morgan fingerprint density at radius 3 is 2.24 bits per heavy atom. The SMILES string of the molecule is CC(C)NS(=O)(=O)c1ccc(NC(=O)C(C)Sc2nc(C(F)(F)F)nc3ccccc23)cc1. The number of anilines is 1. The minimum absolute atomic E-state index is 0.0387. The van der Waals surface area contributed by atoms with Gasteiger partial charge in [-0.05, 0) is 51.1 Å². The lowest BCUT2D eigenvalue weighted by Crippen LogP contribution is -2.30. The quantitative estimate of drug-likeness (QED) is 0.369. The topological polar surface area (TPSA) is 101 Å². The molecule has 1 atom stereocenters. The number of fused-ring (bicyclic) bond motifs is 1. The van der Waals surface area contributed by atoms with Gasteiger partial charge in [0.15, 0.2) is 0 Å². The molecule has 7 nitrogen and oxygen atoms in total. The van der Waals surface area contributed by atoms with E-state index in [2.05, 4.69) is 20.0 Å². The number of nitrogens with one attached hydrogen (secondary N) is 2. The summed E-state index contributed by atoms with van der Waals surface area (Å²) >= 11 is 0.876. The van der Waals surface area contributed by atoms with Gasteiger partial charge in [0.2, 0.25) is 21.8 Å². The van der Waals surface area contributed by atoms with Crippen molar-refractivity contribution in [2.24, 2.45) is 0 Å². The van der Waals surface area contributed by atoms with Crippen LogP contribution in [0.3, 0.4) is 0 Å². The fourth-order valence-electron chi connectivity index (χ4n) is 2.82. The lowest BCUT2D eigenvalue weighted by atomic mass is 10.2. The molecule has 3 aromatic rings. The third-order valence-electron chi connectivity index (χ3n) is 4.30. The maximum absolute atomic E-state index is 13.2. The summed E-state index contributed by atoms with van der Waals surface area (Å²) in [6.07, 6.45) is -4.72. The molecule has 0 spiro atoms. The fraction of sp³-hybridized carbons (Fsp3) is 0.286. The normalized spacial score (nSPS) is 13.3. The highest BCUT2D eigenvalue weighted by molar-refractivity contribution is 8.00. The third kappa shape index (κ3) is 6.21. The second-order valence-corrected chi connectivity index (χ2v) is 10.5. The number of hydrogen-bond donors (Lipinski definition) is 2. The molecular formula is C21H21F3N4O3S2. The van der Waals surface area contributed by atoms with Gasteiger partial charge in [0.05, 0.1) is 15.7 Å². The number of nitrogens with zero attached hydrogens (tertiary/aromatic N) is 2. The molecule has 0 saturated carbocycles. The van der Waals surface area contributed by atoms with E-state index >= 15 is 0 Å². The summed E-state index contributed by atoms with van der Waals surface area (Å²) < 4.78 is 66.5. The van der Waals surface area contributed by atoms with Crippen molar-refractivity contribution in [2.45, 2.75) is 48.2 Å². The first kappa shape index (κ1) is 24.9. The summed E-state index contributed by atoms with van der Waals surface area (Å²) in [5.41, 5.74) is 0.473. The van der Waals surface area contributed by atoms with Crippen LogP contribution in [0.2, 0.25) is 0 Å². The van der Waals surface area contributed by atoms with Crippen molar-refractivity contribution in [3.63, 3.8) is 0 Å². The van der Waals surface area contributed by atoms with E-state index in [1.54, 1.807) is 32.0 Å². The molecule has 176 valence electrons. The molecule has 2 aromatic carbocycles. The van der Waals surface area contributed by atoms with Gasteiger partial charge in [0.1, 0.15) is 5.03 Å². The average molecular weight is 499 g/mol. The summed E-state index contributed by atoms with van der Waals surface area (Å²) in [5, 5.41) is 2.28. The van der Waals surface area contributed by atoms with Crippen molar-refractivity contribution in [2.75, 3.05) is 5.32 Å². The van der Waals surface area contributed by atoms with Crippen LogP contribution in [0.4, 0.5) is 18.9 Å². The smallest absolute Gasteiger partial charge is 0.325 e. The van der Waals surface area contributed by atoms with Gasteiger partial charge in [-0.2, -0.15) is 13.2 Å². The zero-order valence-electron chi connectivity index (χ0n) is 17.8. The minimum atomic E-state index is -4.72. The number of para-hydroxylation sites is 1. The Morgan fingerprint density at radius 1 is 1.00 bits per heavy atom. The molecular weight excluding hydrogens is 477 g/mol. The Labute approximate surface area is 193 Å². The molecule has 0 fully saturated rings. The number of rotatable bonds is 7. The second kappa shape index (κ2) is 9.65. The zero-order valence-corrected chi connectivity index (χ0v) is 19.5. The number of amides is 1. The maximum atomic E-state index is 13.2. The van der Waals surface area contributed by atoms with E-state index in [9.17, 15) is 26.4 Å². The highest BCUT2D eigenvalue weighted by Gasteiger charge is 2.36. The third-order valence-corrected chi connectivity index (χ3v) is 7.08. The largest absolute Gasteiger partial charge is 0.451 e. The highest BCUT2D eigenvalue weighted by Crippen LogP contribution is 2.33. The first-order chi connectivity index (χ1) is 15.4. The average Bonchev–Trinajstić information content (AvgIpc) is 2.72. The summed E-state index contributed by atoms with van der Waals surface area (Å²) in [5.74, 6) is -1.75. The molecule has 0 aliphatic heterocycles. The van der Waals surface area contributed by atoms with Crippen molar-refractivity contribution in [1.82, 2.24) is 14.7 Å². The van der Waals surface area contributed by atoms with E-state index in [4.69, 9.17) is 0 Å². The van der Waals surface area contributed by atoms with E-state index in [0.29, 0.717) is 11.1 Å². The van der Waals surface area contributed by atoms with Crippen LogP contribution in [-0.2, 0) is 21.0 Å². The van der Waals surface area contributed by atoms with Crippen LogP contribution < -0.4 is 10.0 Å². The number of alkyl halides is 3. The molecule has 0 radical (unpaired) electrons. The van der Waals surface area contributed by atoms with Crippen molar-refractivity contribution < 1.29 is 26.4 Å². The zero-order chi connectivity index (χ0) is 24.4. The molecule has 12 heteroatoms. The number of halogens is 3. The van der Waals surface area contributed by atoms with Crippen molar-refractivity contribution >= 4 is 44.3 Å². The van der Waals surface area contributed by atoms with Crippen LogP contribution in [0.1, 0.15) is 26.6 Å². The number of aromatic nitrogens is 2. The van der Waals surface area contributed by atoms with Crippen LogP contribution in [0, 0.1) is 0 Å². The highest BCUT2D eigenvalue weighted by atomic mass is 32.2. The monoisotopic (exact) mass is 498 g/mol. The Morgan fingerprint density at radius 2 is 1.64 bits per heavy atom. The van der Waals surface area contributed by atoms with Crippen LogP contribution in [0.5, 0.6) is 0 Å². The van der Waals surface area contributed by atoms with E-state index in [0.717, 1.165) is 11.8 Å². The standard InChI is InChI=1S/C21H21F3N4O3S2/c1-12(2)28-33(30,31)15-10-8-14(9-11-15)25-18(29)13(3)32-19-16-6-4-5-7-17(16)26-20(27-19)21(22,23)24/h4-13,28H,1-3H3,(H,25,29). The maximum Gasteiger partial charge on any atom is 0.451 e. The fourth-order valence-corrected chi connectivity index (χ4v) is 5.02. The van der Waals surface area contributed by atoms with Crippen LogP contribution >= 0.6 is 11.8 Å². The summed E-state index contributed by atoms with van der Waals surface area (Å²) in [4.78, 5) is 19.9. The van der Waals surface area contributed by atoms with Crippen LogP contribution in [0.15, 0.2) is 58.5 Å². The van der Waals surface area contributed by atoms with Crippen molar-refractivity contribution in [1.29, 1.82) is 0 Å². The van der Waals surface area contributed by atoms with Crippen molar-refractivity contribution in [3.05, 3.63) is 54.4 Å². The first-order valence-corrected chi connectivity index (χ1v) is 12.2. The minimum Gasteiger partial charge on any atom is -0.325 e. The molecule has 1 unspecified atom stereocenters. The summed E-state index contributed by atoms with van der Waals surface area (Å²) in [6, 6.07) is 11.6.